The zero-order valence-electron chi connectivity index (χ0n) is 10.2. The van der Waals surface area contributed by atoms with E-state index in [-0.39, 0.29) is 25.2 Å². The summed E-state index contributed by atoms with van der Waals surface area (Å²) in [4.78, 5) is 14.1. The number of hydrogen-bond acceptors (Lipinski definition) is 5. The quantitative estimate of drug-likeness (QED) is 0.526. The highest BCUT2D eigenvalue weighted by Crippen LogP contribution is 2.38. The summed E-state index contributed by atoms with van der Waals surface area (Å²) in [7, 11) is 2.02. The predicted molar refractivity (Wildman–Crippen MR) is 61.3 cm³/mol. The van der Waals surface area contributed by atoms with Crippen molar-refractivity contribution in [3.63, 3.8) is 0 Å². The van der Waals surface area contributed by atoms with E-state index in [1.165, 1.54) is 0 Å². The van der Waals surface area contributed by atoms with Gasteiger partial charge in [0.15, 0.2) is 0 Å². The van der Waals surface area contributed by atoms with E-state index in [4.69, 9.17) is 9.84 Å². The SMILES string of the molecule is CN1[C@H]2CC[C@@H]1[C@@H](C(=O)OCCCO)[C@H](O)C2. The van der Waals surface area contributed by atoms with E-state index in [2.05, 4.69) is 4.90 Å². The average molecular weight is 243 g/mol. The largest absolute Gasteiger partial charge is 0.465 e. The van der Waals surface area contributed by atoms with Crippen LogP contribution >= 0.6 is 0 Å². The van der Waals surface area contributed by atoms with Gasteiger partial charge in [-0.2, -0.15) is 0 Å². The van der Waals surface area contributed by atoms with Gasteiger partial charge >= 0.3 is 5.97 Å². The maximum absolute atomic E-state index is 11.9. The van der Waals surface area contributed by atoms with Crippen LogP contribution in [0.5, 0.6) is 0 Å². The zero-order chi connectivity index (χ0) is 12.4. The molecule has 2 heterocycles. The molecule has 5 heteroatoms. The van der Waals surface area contributed by atoms with E-state index in [0.717, 1.165) is 12.8 Å². The lowest BCUT2D eigenvalue weighted by atomic mass is 9.88. The number of esters is 1. The van der Waals surface area contributed by atoms with E-state index in [9.17, 15) is 9.90 Å². The van der Waals surface area contributed by atoms with Gasteiger partial charge in [0.1, 0.15) is 0 Å². The van der Waals surface area contributed by atoms with Crippen molar-refractivity contribution in [3.05, 3.63) is 0 Å². The number of ether oxygens (including phenoxy) is 1. The van der Waals surface area contributed by atoms with Crippen LogP contribution in [0.1, 0.15) is 25.7 Å². The Kier molecular flexibility index (Phi) is 4.01. The van der Waals surface area contributed by atoms with Gasteiger partial charge < -0.3 is 14.9 Å². The number of carbonyl (C=O) groups is 1. The van der Waals surface area contributed by atoms with Crippen LogP contribution in [0.25, 0.3) is 0 Å². The van der Waals surface area contributed by atoms with Crippen LogP contribution in [0.15, 0.2) is 0 Å². The molecule has 2 aliphatic rings. The van der Waals surface area contributed by atoms with Gasteiger partial charge in [-0.25, -0.2) is 0 Å². The molecule has 0 amide bonds. The highest BCUT2D eigenvalue weighted by atomic mass is 16.5. The topological polar surface area (TPSA) is 70.0 Å². The number of rotatable bonds is 4. The van der Waals surface area contributed by atoms with Gasteiger partial charge in [-0.15, -0.1) is 0 Å². The minimum absolute atomic E-state index is 0.0197. The summed E-state index contributed by atoms with van der Waals surface area (Å²) in [6.45, 7) is 0.254. The van der Waals surface area contributed by atoms with E-state index in [1.54, 1.807) is 0 Å². The summed E-state index contributed by atoms with van der Waals surface area (Å²) >= 11 is 0. The second-order valence-electron chi connectivity index (χ2n) is 5.04. The Balaban J connectivity index is 1.96. The van der Waals surface area contributed by atoms with Gasteiger partial charge in [0.25, 0.3) is 0 Å². The van der Waals surface area contributed by atoms with Gasteiger partial charge in [-0.05, 0) is 26.3 Å². The van der Waals surface area contributed by atoms with Gasteiger partial charge in [-0.1, -0.05) is 0 Å². The first-order valence-corrected chi connectivity index (χ1v) is 6.32. The number of nitrogens with zero attached hydrogens (tertiary/aromatic N) is 1. The summed E-state index contributed by atoms with van der Waals surface area (Å²) < 4.78 is 5.11. The Labute approximate surface area is 101 Å². The third-order valence-electron chi connectivity index (χ3n) is 4.06. The minimum Gasteiger partial charge on any atom is -0.465 e. The molecule has 2 N–H and O–H groups in total. The standard InChI is InChI=1S/C12H21NO4/c1-13-8-3-4-9(13)11(10(15)7-8)12(16)17-6-2-5-14/h8-11,14-15H,2-7H2,1H3/t8-,9+,10+,11+/m0/s1. The number of aliphatic hydroxyl groups is 2. The second kappa shape index (κ2) is 5.33. The molecule has 4 atom stereocenters. The van der Waals surface area contributed by atoms with Crippen molar-refractivity contribution in [2.75, 3.05) is 20.3 Å². The molecule has 0 unspecified atom stereocenters. The molecule has 0 saturated carbocycles. The summed E-state index contributed by atoms with van der Waals surface area (Å²) in [5.41, 5.74) is 0. The third-order valence-corrected chi connectivity index (χ3v) is 4.06. The molecule has 0 aliphatic carbocycles. The molecule has 0 spiro atoms. The van der Waals surface area contributed by atoms with E-state index in [1.807, 2.05) is 7.05 Å². The highest BCUT2D eigenvalue weighted by molar-refractivity contribution is 5.74. The lowest BCUT2D eigenvalue weighted by Gasteiger charge is -2.39. The Hall–Kier alpha value is -0.650. The Bertz CT molecular complexity index is 284. The number of piperidine rings is 1. The monoisotopic (exact) mass is 243 g/mol. The van der Waals surface area contributed by atoms with Crippen molar-refractivity contribution in [2.45, 2.75) is 43.9 Å². The zero-order valence-corrected chi connectivity index (χ0v) is 10.2. The molecule has 98 valence electrons. The van der Waals surface area contributed by atoms with Gasteiger partial charge in [0.05, 0.1) is 18.6 Å². The van der Waals surface area contributed by atoms with Crippen LogP contribution in [-0.2, 0) is 9.53 Å². The van der Waals surface area contributed by atoms with Gasteiger partial charge in [-0.3, -0.25) is 9.69 Å². The molecule has 17 heavy (non-hydrogen) atoms. The highest BCUT2D eigenvalue weighted by Gasteiger charge is 2.48. The average Bonchev–Trinajstić information content (AvgIpc) is 2.54. The summed E-state index contributed by atoms with van der Waals surface area (Å²) in [6, 6.07) is 0.530. The Morgan fingerprint density at radius 3 is 2.94 bits per heavy atom. The molecule has 2 bridgehead atoms. The summed E-state index contributed by atoms with van der Waals surface area (Å²) in [5, 5.41) is 18.7. The van der Waals surface area contributed by atoms with Crippen molar-refractivity contribution in [1.82, 2.24) is 4.90 Å². The second-order valence-corrected chi connectivity index (χ2v) is 5.04. The first-order valence-electron chi connectivity index (χ1n) is 6.32. The molecule has 2 saturated heterocycles. The molecule has 5 nitrogen and oxygen atoms in total. The Morgan fingerprint density at radius 1 is 1.47 bits per heavy atom. The first kappa shape index (κ1) is 12.8. The van der Waals surface area contributed by atoms with Crippen LogP contribution in [0.4, 0.5) is 0 Å². The van der Waals surface area contributed by atoms with Crippen LogP contribution < -0.4 is 0 Å². The van der Waals surface area contributed by atoms with Gasteiger partial charge in [0.2, 0.25) is 0 Å². The lowest BCUT2D eigenvalue weighted by molar-refractivity contribution is -0.159. The lowest BCUT2D eigenvalue weighted by Crippen LogP contribution is -2.52. The summed E-state index contributed by atoms with van der Waals surface area (Å²) in [6.07, 6.45) is 2.55. The number of aliphatic hydroxyl groups excluding tert-OH is 2. The van der Waals surface area contributed by atoms with Crippen LogP contribution in [0.3, 0.4) is 0 Å². The van der Waals surface area contributed by atoms with Crippen molar-refractivity contribution < 1.29 is 19.7 Å². The van der Waals surface area contributed by atoms with E-state index < -0.39 is 12.0 Å². The van der Waals surface area contributed by atoms with Crippen molar-refractivity contribution in [3.8, 4) is 0 Å². The fraction of sp³-hybridized carbons (Fsp3) is 0.917. The third kappa shape index (κ3) is 2.46. The number of fused-ring (bicyclic) bond motifs is 2. The number of hydrogen-bond donors (Lipinski definition) is 2. The fourth-order valence-corrected chi connectivity index (χ4v) is 3.09. The van der Waals surface area contributed by atoms with Crippen molar-refractivity contribution in [2.24, 2.45) is 5.92 Å². The molecule has 0 radical (unpaired) electrons. The van der Waals surface area contributed by atoms with Gasteiger partial charge in [0, 0.05) is 25.1 Å². The number of carbonyl (C=O) groups excluding carboxylic acids is 1. The molecule has 2 fully saturated rings. The maximum atomic E-state index is 11.9. The first-order chi connectivity index (χ1) is 8.15. The fourth-order valence-electron chi connectivity index (χ4n) is 3.09. The summed E-state index contributed by atoms with van der Waals surface area (Å²) in [5.74, 6) is -0.736. The molecular weight excluding hydrogens is 222 g/mol. The smallest absolute Gasteiger partial charge is 0.313 e. The maximum Gasteiger partial charge on any atom is 0.313 e. The predicted octanol–water partition coefficient (Wildman–Crippen LogP) is -0.244. The van der Waals surface area contributed by atoms with Crippen molar-refractivity contribution in [1.29, 1.82) is 0 Å². The molecule has 0 aromatic rings. The molecular formula is C12H21NO4. The molecule has 2 aliphatic heterocycles. The van der Waals surface area contributed by atoms with Crippen LogP contribution in [0.2, 0.25) is 0 Å². The molecule has 0 aromatic carbocycles. The normalized spacial score (nSPS) is 37.1. The van der Waals surface area contributed by atoms with Crippen molar-refractivity contribution >= 4 is 5.97 Å². The molecule has 0 aromatic heterocycles. The van der Waals surface area contributed by atoms with E-state index >= 15 is 0 Å². The Morgan fingerprint density at radius 2 is 2.24 bits per heavy atom. The molecule has 2 rings (SSSR count). The van der Waals surface area contributed by atoms with Crippen LogP contribution in [0, 0.1) is 5.92 Å². The minimum atomic E-state index is -0.578. The van der Waals surface area contributed by atoms with Crippen LogP contribution in [-0.4, -0.2) is 59.5 Å². The van der Waals surface area contributed by atoms with E-state index in [0.29, 0.717) is 18.9 Å².